The fourth-order valence-electron chi connectivity index (χ4n) is 3.65. The van der Waals surface area contributed by atoms with Gasteiger partial charge in [0.2, 0.25) is 5.91 Å². The van der Waals surface area contributed by atoms with E-state index in [-0.39, 0.29) is 24.4 Å². The maximum atomic E-state index is 12.4. The van der Waals surface area contributed by atoms with Crippen molar-refractivity contribution in [3.8, 4) is 0 Å². The number of nitrogens with two attached hydrogens (primary N) is 1. The number of halogens is 1. The SMILES string of the molecule is CC(C(=O)NC1CCCCC1)N1CCCC(CCN)C1.Cl. The van der Waals surface area contributed by atoms with Crippen LogP contribution in [0.3, 0.4) is 0 Å². The van der Waals surface area contributed by atoms with Crippen molar-refractivity contribution in [3.63, 3.8) is 0 Å². The van der Waals surface area contributed by atoms with Gasteiger partial charge >= 0.3 is 0 Å². The van der Waals surface area contributed by atoms with Crippen molar-refractivity contribution in [1.29, 1.82) is 0 Å². The minimum absolute atomic E-state index is 0. The van der Waals surface area contributed by atoms with E-state index in [1.807, 2.05) is 0 Å². The lowest BCUT2D eigenvalue weighted by atomic mass is 9.93. The third kappa shape index (κ3) is 5.76. The van der Waals surface area contributed by atoms with E-state index in [0.717, 1.165) is 38.9 Å². The van der Waals surface area contributed by atoms with Gasteiger partial charge in [0, 0.05) is 12.6 Å². The molecule has 4 nitrogen and oxygen atoms in total. The standard InChI is InChI=1S/C16H31N3O.ClH/c1-13(16(20)18-15-7-3-2-4-8-15)19-11-5-6-14(12-19)9-10-17;/h13-15H,2-12,17H2,1H3,(H,18,20);1H. The fraction of sp³-hybridized carbons (Fsp3) is 0.938. The number of amides is 1. The summed E-state index contributed by atoms with van der Waals surface area (Å²) in [5.74, 6) is 0.906. The van der Waals surface area contributed by atoms with Gasteiger partial charge in [0.25, 0.3) is 0 Å². The molecule has 0 bridgehead atoms. The molecule has 2 aliphatic rings. The molecule has 0 radical (unpaired) electrons. The number of hydrogen-bond acceptors (Lipinski definition) is 3. The van der Waals surface area contributed by atoms with E-state index in [9.17, 15) is 4.79 Å². The van der Waals surface area contributed by atoms with E-state index in [1.54, 1.807) is 0 Å². The van der Waals surface area contributed by atoms with Crippen molar-refractivity contribution in [2.24, 2.45) is 11.7 Å². The van der Waals surface area contributed by atoms with Gasteiger partial charge in [-0.1, -0.05) is 19.3 Å². The van der Waals surface area contributed by atoms with Gasteiger partial charge in [0.15, 0.2) is 0 Å². The first-order valence-electron chi connectivity index (χ1n) is 8.45. The number of carbonyl (C=O) groups is 1. The van der Waals surface area contributed by atoms with Crippen LogP contribution in [0.15, 0.2) is 0 Å². The van der Waals surface area contributed by atoms with Crippen molar-refractivity contribution >= 4 is 18.3 Å². The molecule has 1 aliphatic heterocycles. The fourth-order valence-corrected chi connectivity index (χ4v) is 3.65. The molecule has 0 spiro atoms. The monoisotopic (exact) mass is 317 g/mol. The molecule has 2 atom stereocenters. The Labute approximate surface area is 135 Å². The molecule has 5 heteroatoms. The Morgan fingerprint density at radius 1 is 1.24 bits per heavy atom. The maximum absolute atomic E-state index is 12.4. The summed E-state index contributed by atoms with van der Waals surface area (Å²) in [6, 6.07) is 0.431. The second-order valence-corrected chi connectivity index (χ2v) is 6.60. The van der Waals surface area contributed by atoms with E-state index in [1.165, 1.54) is 32.1 Å². The second kappa shape index (κ2) is 9.65. The first kappa shape index (κ1) is 18.7. The Morgan fingerprint density at radius 2 is 1.95 bits per heavy atom. The zero-order chi connectivity index (χ0) is 14.4. The van der Waals surface area contributed by atoms with Crippen LogP contribution in [0.1, 0.15) is 58.3 Å². The molecule has 2 fully saturated rings. The van der Waals surface area contributed by atoms with Gasteiger partial charge in [-0.3, -0.25) is 9.69 Å². The predicted octanol–water partition coefficient (Wildman–Crippen LogP) is 2.31. The Morgan fingerprint density at radius 3 is 2.62 bits per heavy atom. The van der Waals surface area contributed by atoms with Crippen LogP contribution in [-0.2, 0) is 4.79 Å². The van der Waals surface area contributed by atoms with Gasteiger partial charge in [0.05, 0.1) is 6.04 Å². The first-order valence-corrected chi connectivity index (χ1v) is 8.45. The molecule has 1 saturated carbocycles. The molecule has 1 aliphatic carbocycles. The highest BCUT2D eigenvalue weighted by Gasteiger charge is 2.28. The highest BCUT2D eigenvalue weighted by Crippen LogP contribution is 2.22. The summed E-state index contributed by atoms with van der Waals surface area (Å²) in [7, 11) is 0. The Kier molecular flexibility index (Phi) is 8.60. The lowest BCUT2D eigenvalue weighted by Gasteiger charge is -2.37. The number of rotatable bonds is 5. The molecular weight excluding hydrogens is 286 g/mol. The summed E-state index contributed by atoms with van der Waals surface area (Å²) in [6.45, 7) is 4.92. The highest BCUT2D eigenvalue weighted by molar-refractivity contribution is 5.85. The second-order valence-electron chi connectivity index (χ2n) is 6.60. The molecule has 124 valence electrons. The summed E-state index contributed by atoms with van der Waals surface area (Å²) >= 11 is 0. The van der Waals surface area contributed by atoms with Crippen LogP contribution in [0.5, 0.6) is 0 Å². The quantitative estimate of drug-likeness (QED) is 0.818. The number of piperidine rings is 1. The first-order chi connectivity index (χ1) is 9.70. The summed E-state index contributed by atoms with van der Waals surface area (Å²) < 4.78 is 0. The zero-order valence-electron chi connectivity index (χ0n) is 13.4. The number of nitrogens with one attached hydrogen (secondary N) is 1. The topological polar surface area (TPSA) is 58.4 Å². The zero-order valence-corrected chi connectivity index (χ0v) is 14.2. The Bertz CT molecular complexity index is 306. The van der Waals surface area contributed by atoms with Crippen molar-refractivity contribution in [1.82, 2.24) is 10.2 Å². The minimum Gasteiger partial charge on any atom is -0.352 e. The Hall–Kier alpha value is -0.320. The number of likely N-dealkylation sites (tertiary alicyclic amines) is 1. The van der Waals surface area contributed by atoms with Crippen LogP contribution >= 0.6 is 12.4 Å². The van der Waals surface area contributed by atoms with Crippen LogP contribution in [0.25, 0.3) is 0 Å². The molecular formula is C16H32ClN3O. The molecule has 1 saturated heterocycles. The van der Waals surface area contributed by atoms with Gasteiger partial charge in [-0.05, 0) is 58.0 Å². The third-order valence-corrected chi connectivity index (χ3v) is 5.00. The van der Waals surface area contributed by atoms with Crippen LogP contribution < -0.4 is 11.1 Å². The average molecular weight is 318 g/mol. The molecule has 2 unspecified atom stereocenters. The van der Waals surface area contributed by atoms with Crippen molar-refractivity contribution < 1.29 is 4.79 Å². The van der Waals surface area contributed by atoms with Gasteiger partial charge in [-0.15, -0.1) is 12.4 Å². The lowest BCUT2D eigenvalue weighted by molar-refractivity contribution is -0.127. The smallest absolute Gasteiger partial charge is 0.237 e. The van der Waals surface area contributed by atoms with E-state index in [0.29, 0.717) is 12.0 Å². The number of carbonyl (C=O) groups excluding carboxylic acids is 1. The van der Waals surface area contributed by atoms with Crippen molar-refractivity contribution in [2.45, 2.75) is 70.4 Å². The molecule has 3 N–H and O–H groups in total. The van der Waals surface area contributed by atoms with E-state index < -0.39 is 0 Å². The Balaban J connectivity index is 0.00000220. The van der Waals surface area contributed by atoms with E-state index >= 15 is 0 Å². The molecule has 21 heavy (non-hydrogen) atoms. The third-order valence-electron chi connectivity index (χ3n) is 5.00. The van der Waals surface area contributed by atoms with Crippen LogP contribution in [0.4, 0.5) is 0 Å². The van der Waals surface area contributed by atoms with Gasteiger partial charge in [-0.2, -0.15) is 0 Å². The predicted molar refractivity (Wildman–Crippen MR) is 89.7 cm³/mol. The summed E-state index contributed by atoms with van der Waals surface area (Å²) in [5.41, 5.74) is 5.67. The van der Waals surface area contributed by atoms with Gasteiger partial charge in [-0.25, -0.2) is 0 Å². The highest BCUT2D eigenvalue weighted by atomic mass is 35.5. The molecule has 0 aromatic carbocycles. The van der Waals surface area contributed by atoms with Gasteiger partial charge < -0.3 is 11.1 Å². The van der Waals surface area contributed by atoms with Crippen LogP contribution in [-0.4, -0.2) is 42.5 Å². The average Bonchev–Trinajstić information content (AvgIpc) is 2.48. The molecule has 1 heterocycles. The van der Waals surface area contributed by atoms with E-state index in [4.69, 9.17) is 5.73 Å². The molecule has 2 rings (SSSR count). The van der Waals surface area contributed by atoms with Crippen LogP contribution in [0, 0.1) is 5.92 Å². The maximum Gasteiger partial charge on any atom is 0.237 e. The summed E-state index contributed by atoms with van der Waals surface area (Å²) in [4.78, 5) is 14.7. The van der Waals surface area contributed by atoms with Gasteiger partial charge in [0.1, 0.15) is 0 Å². The van der Waals surface area contributed by atoms with Crippen molar-refractivity contribution in [2.75, 3.05) is 19.6 Å². The number of hydrogen-bond donors (Lipinski definition) is 2. The minimum atomic E-state index is 0. The molecule has 1 amide bonds. The molecule has 0 aromatic rings. The summed E-state index contributed by atoms with van der Waals surface area (Å²) in [5, 5.41) is 3.26. The normalized spacial score (nSPS) is 25.9. The number of nitrogens with zero attached hydrogens (tertiary/aromatic N) is 1. The van der Waals surface area contributed by atoms with E-state index in [2.05, 4.69) is 17.1 Å². The van der Waals surface area contributed by atoms with Crippen LogP contribution in [0.2, 0.25) is 0 Å². The van der Waals surface area contributed by atoms with Crippen molar-refractivity contribution in [3.05, 3.63) is 0 Å². The largest absolute Gasteiger partial charge is 0.352 e. The molecule has 0 aromatic heterocycles. The lowest BCUT2D eigenvalue weighted by Crippen LogP contribution is -2.51. The summed E-state index contributed by atoms with van der Waals surface area (Å²) in [6.07, 6.45) is 9.74.